The van der Waals surface area contributed by atoms with Crippen molar-refractivity contribution in [3.05, 3.63) is 63.6 Å². The number of methoxy groups -OCH3 is 1. The molecule has 0 heterocycles. The molecule has 2 aromatic rings. The molecule has 0 saturated heterocycles. The average molecular weight is 352 g/mol. The van der Waals surface area contributed by atoms with Crippen LogP contribution in [0.1, 0.15) is 11.1 Å². The lowest BCUT2D eigenvalue weighted by molar-refractivity contribution is -0.113. The Bertz CT molecular complexity index is 745. The van der Waals surface area contributed by atoms with E-state index in [4.69, 9.17) is 38.4 Å². The highest BCUT2D eigenvalue weighted by Crippen LogP contribution is 2.30. The van der Waals surface area contributed by atoms with E-state index < -0.39 is 5.91 Å². The maximum Gasteiger partial charge on any atom is 0.241 e. The molecule has 0 unspecified atom stereocenters. The van der Waals surface area contributed by atoms with Crippen LogP contribution in [0.5, 0.6) is 11.5 Å². The van der Waals surface area contributed by atoms with Crippen molar-refractivity contribution in [2.24, 2.45) is 5.73 Å². The molecule has 1 amide bonds. The van der Waals surface area contributed by atoms with E-state index in [1.165, 1.54) is 6.08 Å². The van der Waals surface area contributed by atoms with E-state index in [2.05, 4.69) is 0 Å². The first-order chi connectivity index (χ1) is 11.0. The molecule has 2 aromatic carbocycles. The Kier molecular flexibility index (Phi) is 5.90. The van der Waals surface area contributed by atoms with Gasteiger partial charge in [-0.1, -0.05) is 35.3 Å². The molecule has 0 bridgehead atoms. The number of ether oxygens (including phenoxy) is 2. The van der Waals surface area contributed by atoms with Gasteiger partial charge in [0.1, 0.15) is 6.61 Å². The van der Waals surface area contributed by atoms with Crippen molar-refractivity contribution in [3.8, 4) is 11.5 Å². The highest BCUT2D eigenvalue weighted by atomic mass is 35.5. The van der Waals surface area contributed by atoms with Gasteiger partial charge in [-0.05, 0) is 35.9 Å². The maximum atomic E-state index is 10.8. The predicted molar refractivity (Wildman–Crippen MR) is 92.0 cm³/mol. The molecule has 23 heavy (non-hydrogen) atoms. The van der Waals surface area contributed by atoms with Crippen LogP contribution in [0.15, 0.2) is 42.5 Å². The summed E-state index contributed by atoms with van der Waals surface area (Å²) in [6, 6.07) is 10.5. The van der Waals surface area contributed by atoms with Crippen molar-refractivity contribution in [2.75, 3.05) is 7.11 Å². The van der Waals surface area contributed by atoms with Gasteiger partial charge in [-0.3, -0.25) is 4.79 Å². The molecule has 6 heteroatoms. The first-order valence-electron chi connectivity index (χ1n) is 6.72. The minimum Gasteiger partial charge on any atom is -0.493 e. The Labute approximate surface area is 144 Å². The Morgan fingerprint density at radius 1 is 1.17 bits per heavy atom. The quantitative estimate of drug-likeness (QED) is 0.797. The second-order valence-corrected chi connectivity index (χ2v) is 5.51. The Hall–Kier alpha value is -2.17. The summed E-state index contributed by atoms with van der Waals surface area (Å²) in [5.74, 6) is 0.595. The van der Waals surface area contributed by atoms with E-state index in [1.807, 2.05) is 0 Å². The summed E-state index contributed by atoms with van der Waals surface area (Å²) in [5, 5.41) is 1.11. The SMILES string of the molecule is COc1cc(/C=C\C(N)=O)ccc1OCc1ccc(Cl)cc1Cl. The molecule has 2 N–H and O–H groups in total. The zero-order valence-corrected chi connectivity index (χ0v) is 13.9. The van der Waals surface area contributed by atoms with Gasteiger partial charge in [-0.25, -0.2) is 0 Å². The van der Waals surface area contributed by atoms with Gasteiger partial charge in [0, 0.05) is 21.7 Å². The number of rotatable bonds is 6. The fourth-order valence-electron chi connectivity index (χ4n) is 1.88. The fourth-order valence-corrected chi connectivity index (χ4v) is 2.34. The number of hydrogen-bond acceptors (Lipinski definition) is 3. The van der Waals surface area contributed by atoms with Gasteiger partial charge in [-0.2, -0.15) is 0 Å². The Balaban J connectivity index is 2.14. The third-order valence-electron chi connectivity index (χ3n) is 3.03. The molecule has 0 saturated carbocycles. The van der Waals surface area contributed by atoms with Crippen LogP contribution in [-0.4, -0.2) is 13.0 Å². The molecule has 0 aliphatic carbocycles. The summed E-state index contributed by atoms with van der Waals surface area (Å²) in [4.78, 5) is 10.8. The summed E-state index contributed by atoms with van der Waals surface area (Å²) < 4.78 is 11.0. The van der Waals surface area contributed by atoms with Crippen LogP contribution in [0.3, 0.4) is 0 Å². The predicted octanol–water partition coefficient (Wildman–Crippen LogP) is 4.08. The number of benzene rings is 2. The van der Waals surface area contributed by atoms with Gasteiger partial charge in [-0.15, -0.1) is 0 Å². The lowest BCUT2D eigenvalue weighted by Crippen LogP contribution is -2.05. The number of halogens is 2. The van der Waals surface area contributed by atoms with Crippen LogP contribution < -0.4 is 15.2 Å². The highest BCUT2D eigenvalue weighted by molar-refractivity contribution is 6.35. The summed E-state index contributed by atoms with van der Waals surface area (Å²) >= 11 is 12.0. The van der Waals surface area contributed by atoms with Crippen molar-refractivity contribution in [2.45, 2.75) is 6.61 Å². The van der Waals surface area contributed by atoms with E-state index in [0.717, 1.165) is 11.1 Å². The summed E-state index contributed by atoms with van der Waals surface area (Å²) in [6.07, 6.45) is 2.88. The molecule has 0 spiro atoms. The molecule has 0 atom stereocenters. The van der Waals surface area contributed by atoms with Crippen LogP contribution in [0.2, 0.25) is 10.0 Å². The van der Waals surface area contributed by atoms with Crippen LogP contribution in [-0.2, 0) is 11.4 Å². The van der Waals surface area contributed by atoms with Gasteiger partial charge >= 0.3 is 0 Å². The van der Waals surface area contributed by atoms with Gasteiger partial charge in [0.05, 0.1) is 7.11 Å². The van der Waals surface area contributed by atoms with Crippen LogP contribution in [0.4, 0.5) is 0 Å². The smallest absolute Gasteiger partial charge is 0.241 e. The first-order valence-corrected chi connectivity index (χ1v) is 7.47. The van der Waals surface area contributed by atoms with E-state index in [-0.39, 0.29) is 6.61 Å². The van der Waals surface area contributed by atoms with Crippen molar-refractivity contribution >= 4 is 35.2 Å². The lowest BCUT2D eigenvalue weighted by atomic mass is 10.2. The van der Waals surface area contributed by atoms with Crippen LogP contribution in [0, 0.1) is 0 Å². The molecule has 0 radical (unpaired) electrons. The topological polar surface area (TPSA) is 61.5 Å². The van der Waals surface area contributed by atoms with Gasteiger partial charge < -0.3 is 15.2 Å². The van der Waals surface area contributed by atoms with E-state index >= 15 is 0 Å². The molecule has 0 fully saturated rings. The van der Waals surface area contributed by atoms with Gasteiger partial charge in [0.2, 0.25) is 5.91 Å². The van der Waals surface area contributed by atoms with Gasteiger partial charge in [0.25, 0.3) is 0 Å². The minimum absolute atomic E-state index is 0.281. The lowest BCUT2D eigenvalue weighted by Gasteiger charge is -2.12. The molecular formula is C17H15Cl2NO3. The molecule has 0 aliphatic rings. The maximum absolute atomic E-state index is 10.8. The van der Waals surface area contributed by atoms with Crippen molar-refractivity contribution in [1.29, 1.82) is 0 Å². The standard InChI is InChI=1S/C17H15Cl2NO3/c1-22-16-8-11(3-7-17(20)21)2-6-15(16)23-10-12-4-5-13(18)9-14(12)19/h2-9H,10H2,1H3,(H2,20,21)/b7-3-. The third-order valence-corrected chi connectivity index (χ3v) is 3.61. The second-order valence-electron chi connectivity index (χ2n) is 4.67. The number of amides is 1. The van der Waals surface area contributed by atoms with Gasteiger partial charge in [0.15, 0.2) is 11.5 Å². The monoisotopic (exact) mass is 351 g/mol. The first kappa shape index (κ1) is 17.2. The third kappa shape index (κ3) is 4.91. The summed E-state index contributed by atoms with van der Waals surface area (Å²) in [7, 11) is 1.54. The molecule has 120 valence electrons. The Morgan fingerprint density at radius 2 is 1.96 bits per heavy atom. The molecule has 0 aromatic heterocycles. The molecule has 0 aliphatic heterocycles. The van der Waals surface area contributed by atoms with Crippen LogP contribution in [0.25, 0.3) is 6.08 Å². The van der Waals surface area contributed by atoms with Crippen molar-refractivity contribution < 1.29 is 14.3 Å². The summed E-state index contributed by atoms with van der Waals surface area (Å²) in [5.41, 5.74) is 6.67. The van der Waals surface area contributed by atoms with E-state index in [0.29, 0.717) is 21.5 Å². The number of primary amides is 1. The largest absolute Gasteiger partial charge is 0.493 e. The zero-order chi connectivity index (χ0) is 16.8. The fraction of sp³-hybridized carbons (Fsp3) is 0.118. The van der Waals surface area contributed by atoms with E-state index in [1.54, 1.807) is 49.6 Å². The van der Waals surface area contributed by atoms with Crippen molar-refractivity contribution in [3.63, 3.8) is 0 Å². The van der Waals surface area contributed by atoms with Crippen LogP contribution >= 0.6 is 23.2 Å². The number of hydrogen-bond donors (Lipinski definition) is 1. The summed E-state index contributed by atoms with van der Waals surface area (Å²) in [6.45, 7) is 0.281. The Morgan fingerprint density at radius 3 is 2.61 bits per heavy atom. The number of nitrogens with two attached hydrogens (primary N) is 1. The zero-order valence-electron chi connectivity index (χ0n) is 12.4. The normalized spacial score (nSPS) is 10.7. The average Bonchev–Trinajstić information content (AvgIpc) is 2.52. The number of carbonyl (C=O) groups is 1. The molecular weight excluding hydrogens is 337 g/mol. The molecule has 2 rings (SSSR count). The minimum atomic E-state index is -0.512. The molecule has 4 nitrogen and oxygen atoms in total. The number of carbonyl (C=O) groups excluding carboxylic acids is 1. The van der Waals surface area contributed by atoms with E-state index in [9.17, 15) is 4.79 Å². The van der Waals surface area contributed by atoms with Crippen molar-refractivity contribution in [1.82, 2.24) is 0 Å². The second kappa shape index (κ2) is 7.90. The highest BCUT2D eigenvalue weighted by Gasteiger charge is 2.07.